The molecule has 152 valence electrons. The zero-order valence-electron chi connectivity index (χ0n) is 17.7. The Balaban J connectivity index is 1.50. The van der Waals surface area contributed by atoms with Crippen molar-refractivity contribution in [2.75, 3.05) is 39.3 Å². The van der Waals surface area contributed by atoms with Crippen molar-refractivity contribution >= 4 is 0 Å². The lowest BCUT2D eigenvalue weighted by Gasteiger charge is -2.50. The molecule has 0 radical (unpaired) electrons. The van der Waals surface area contributed by atoms with Crippen molar-refractivity contribution in [2.45, 2.75) is 90.4 Å². The van der Waals surface area contributed by atoms with E-state index in [4.69, 9.17) is 0 Å². The molecule has 3 fully saturated rings. The van der Waals surface area contributed by atoms with E-state index < -0.39 is 0 Å². The molecule has 1 saturated carbocycles. The summed E-state index contributed by atoms with van der Waals surface area (Å²) in [5.41, 5.74) is 0. The summed E-state index contributed by atoms with van der Waals surface area (Å²) in [5.74, 6) is 1.75. The molecule has 0 bridgehead atoms. The van der Waals surface area contributed by atoms with Gasteiger partial charge in [-0.25, -0.2) is 0 Å². The molecule has 0 unspecified atom stereocenters. The van der Waals surface area contributed by atoms with Crippen molar-refractivity contribution in [1.29, 1.82) is 0 Å². The third-order valence-electron chi connectivity index (χ3n) is 7.67. The molecule has 3 rings (SSSR count). The zero-order valence-corrected chi connectivity index (χ0v) is 17.7. The van der Waals surface area contributed by atoms with E-state index >= 15 is 0 Å². The smallest absolute Gasteiger partial charge is 0.0599 e. The molecule has 2 aliphatic heterocycles. The molecule has 1 N–H and O–H groups in total. The van der Waals surface area contributed by atoms with Gasteiger partial charge in [0.25, 0.3) is 0 Å². The minimum absolute atomic E-state index is 0.325. The highest BCUT2D eigenvalue weighted by atomic mass is 16.3. The first kappa shape index (κ1) is 20.6. The number of likely N-dealkylation sites (tertiary alicyclic amines) is 1. The highest BCUT2D eigenvalue weighted by Gasteiger charge is 2.36. The van der Waals surface area contributed by atoms with Crippen LogP contribution in [0, 0.1) is 11.8 Å². The first-order chi connectivity index (χ1) is 12.5. The van der Waals surface area contributed by atoms with Gasteiger partial charge in [-0.05, 0) is 77.3 Å². The zero-order chi connectivity index (χ0) is 18.7. The molecular weight excluding hydrogens is 322 g/mol. The molecule has 0 amide bonds. The van der Waals surface area contributed by atoms with E-state index in [1.54, 1.807) is 0 Å². The van der Waals surface area contributed by atoms with Gasteiger partial charge in [-0.15, -0.1) is 0 Å². The maximum atomic E-state index is 10.1. The summed E-state index contributed by atoms with van der Waals surface area (Å²) in [6, 6.07) is 2.48. The predicted molar refractivity (Wildman–Crippen MR) is 109 cm³/mol. The molecule has 1 aliphatic carbocycles. The number of aliphatic hydroxyl groups excluding tert-OH is 1. The summed E-state index contributed by atoms with van der Waals surface area (Å²) < 4.78 is 0. The molecule has 0 aromatic rings. The molecular formula is C22H43N3O. The molecule has 2 saturated heterocycles. The van der Waals surface area contributed by atoms with Crippen LogP contribution in [0.15, 0.2) is 0 Å². The van der Waals surface area contributed by atoms with E-state index in [0.717, 1.165) is 31.0 Å². The molecule has 4 heteroatoms. The van der Waals surface area contributed by atoms with Gasteiger partial charge in [0.05, 0.1) is 6.61 Å². The van der Waals surface area contributed by atoms with Crippen molar-refractivity contribution in [3.63, 3.8) is 0 Å². The van der Waals surface area contributed by atoms with Gasteiger partial charge in [-0.2, -0.15) is 0 Å². The monoisotopic (exact) mass is 365 g/mol. The van der Waals surface area contributed by atoms with Gasteiger partial charge >= 0.3 is 0 Å². The fraction of sp³-hybridized carbons (Fsp3) is 1.00. The second-order valence-electron chi connectivity index (χ2n) is 9.74. The van der Waals surface area contributed by atoms with Crippen LogP contribution in [0.1, 0.15) is 66.2 Å². The topological polar surface area (TPSA) is 30.0 Å². The second kappa shape index (κ2) is 9.36. The van der Waals surface area contributed by atoms with Crippen molar-refractivity contribution in [2.24, 2.45) is 11.8 Å². The number of aliphatic hydroxyl groups is 1. The van der Waals surface area contributed by atoms with Crippen molar-refractivity contribution in [3.05, 3.63) is 0 Å². The van der Waals surface area contributed by atoms with Crippen LogP contribution in [-0.4, -0.2) is 83.3 Å². The molecule has 1 atom stereocenters. The summed E-state index contributed by atoms with van der Waals surface area (Å²) in [6.07, 6.45) is 8.05. The van der Waals surface area contributed by atoms with Crippen LogP contribution in [0.3, 0.4) is 0 Å². The third-order valence-corrected chi connectivity index (χ3v) is 7.67. The molecule has 0 aromatic carbocycles. The maximum absolute atomic E-state index is 10.1. The van der Waals surface area contributed by atoms with Gasteiger partial charge in [-0.3, -0.25) is 9.80 Å². The summed E-state index contributed by atoms with van der Waals surface area (Å²) in [4.78, 5) is 7.99. The Kier molecular flexibility index (Phi) is 7.40. The first-order valence-corrected chi connectivity index (χ1v) is 11.3. The van der Waals surface area contributed by atoms with Crippen LogP contribution in [0.4, 0.5) is 0 Å². The molecule has 3 aliphatic rings. The van der Waals surface area contributed by atoms with Crippen LogP contribution in [0.25, 0.3) is 0 Å². The third kappa shape index (κ3) is 4.81. The normalized spacial score (nSPS) is 34.0. The number of nitrogens with zero attached hydrogens (tertiary/aromatic N) is 3. The van der Waals surface area contributed by atoms with Crippen LogP contribution in [0.5, 0.6) is 0 Å². The number of piperidine rings is 1. The molecule has 4 nitrogen and oxygen atoms in total. The van der Waals surface area contributed by atoms with E-state index in [0.29, 0.717) is 24.7 Å². The van der Waals surface area contributed by atoms with Crippen molar-refractivity contribution < 1.29 is 5.11 Å². The van der Waals surface area contributed by atoms with E-state index in [-0.39, 0.29) is 0 Å². The lowest BCUT2D eigenvalue weighted by atomic mass is 9.79. The SMILES string of the molecule is CC(C)C1CCC(N2CCN(C3CCN(C(C)C)CC3)C[C@H]2CO)CC1. The first-order valence-electron chi connectivity index (χ1n) is 11.3. The van der Waals surface area contributed by atoms with Gasteiger partial charge in [-0.1, -0.05) is 13.8 Å². The average molecular weight is 366 g/mol. The van der Waals surface area contributed by atoms with Crippen molar-refractivity contribution in [1.82, 2.24) is 14.7 Å². The summed E-state index contributed by atoms with van der Waals surface area (Å²) >= 11 is 0. The van der Waals surface area contributed by atoms with Gasteiger partial charge in [0.15, 0.2) is 0 Å². The highest BCUT2D eigenvalue weighted by Crippen LogP contribution is 2.34. The van der Waals surface area contributed by atoms with Crippen LogP contribution in [0.2, 0.25) is 0 Å². The standard InChI is InChI=1S/C22H43N3O/c1-17(2)19-5-7-21(8-6-19)25-14-13-24(15-22(25)16-26)20-9-11-23(12-10-20)18(3)4/h17-22,26H,5-16H2,1-4H3/t19?,21?,22-/m0/s1. The Hall–Kier alpha value is -0.160. The largest absolute Gasteiger partial charge is 0.395 e. The lowest BCUT2D eigenvalue weighted by Crippen LogP contribution is -2.61. The molecule has 0 spiro atoms. The summed E-state index contributed by atoms with van der Waals surface area (Å²) in [6.45, 7) is 15.6. The van der Waals surface area contributed by atoms with E-state index in [9.17, 15) is 5.11 Å². The van der Waals surface area contributed by atoms with E-state index in [2.05, 4.69) is 42.4 Å². The number of hydrogen-bond acceptors (Lipinski definition) is 4. The van der Waals surface area contributed by atoms with E-state index in [1.165, 1.54) is 58.2 Å². The summed E-state index contributed by atoms with van der Waals surface area (Å²) in [7, 11) is 0. The minimum Gasteiger partial charge on any atom is -0.395 e. The fourth-order valence-corrected chi connectivity index (χ4v) is 5.74. The fourth-order valence-electron chi connectivity index (χ4n) is 5.74. The van der Waals surface area contributed by atoms with Gasteiger partial charge in [0, 0.05) is 43.8 Å². The highest BCUT2D eigenvalue weighted by molar-refractivity contribution is 4.92. The molecule has 26 heavy (non-hydrogen) atoms. The number of rotatable bonds is 5. The Morgan fingerprint density at radius 2 is 1.46 bits per heavy atom. The predicted octanol–water partition coefficient (Wildman–Crippen LogP) is 3.05. The molecule has 0 aromatic heterocycles. The lowest BCUT2D eigenvalue weighted by molar-refractivity contribution is -0.0283. The van der Waals surface area contributed by atoms with Crippen LogP contribution in [-0.2, 0) is 0 Å². The minimum atomic E-state index is 0.325. The van der Waals surface area contributed by atoms with E-state index in [1.807, 2.05) is 0 Å². The van der Waals surface area contributed by atoms with Crippen LogP contribution < -0.4 is 0 Å². The van der Waals surface area contributed by atoms with Crippen molar-refractivity contribution in [3.8, 4) is 0 Å². The second-order valence-corrected chi connectivity index (χ2v) is 9.74. The van der Waals surface area contributed by atoms with Gasteiger partial charge < -0.3 is 10.0 Å². The Morgan fingerprint density at radius 3 is 2.00 bits per heavy atom. The quantitative estimate of drug-likeness (QED) is 0.811. The van der Waals surface area contributed by atoms with Gasteiger partial charge in [0.2, 0.25) is 0 Å². The molecule has 2 heterocycles. The van der Waals surface area contributed by atoms with Gasteiger partial charge in [0.1, 0.15) is 0 Å². The number of hydrogen-bond donors (Lipinski definition) is 1. The summed E-state index contributed by atoms with van der Waals surface area (Å²) in [5, 5.41) is 10.1. The average Bonchev–Trinajstić information content (AvgIpc) is 2.67. The Labute approximate surface area is 161 Å². The Morgan fingerprint density at radius 1 is 0.808 bits per heavy atom. The van der Waals surface area contributed by atoms with Crippen LogP contribution >= 0.6 is 0 Å². The Bertz CT molecular complexity index is 412. The number of piperazine rings is 1. The maximum Gasteiger partial charge on any atom is 0.0599 e.